The van der Waals surface area contributed by atoms with E-state index in [1.807, 2.05) is 11.8 Å². The molecule has 0 fully saturated rings. The first-order valence-corrected chi connectivity index (χ1v) is 7.83. The minimum absolute atomic E-state index is 1.18. The third-order valence-electron chi connectivity index (χ3n) is 2.91. The highest BCUT2D eigenvalue weighted by atomic mass is 32.2. The van der Waals surface area contributed by atoms with Gasteiger partial charge in [-0.1, -0.05) is 74.0 Å². The molecule has 0 amide bonds. The zero-order valence-electron chi connectivity index (χ0n) is 11.4. The van der Waals surface area contributed by atoms with Gasteiger partial charge in [0.1, 0.15) is 0 Å². The molecule has 0 atom stereocenters. The smallest absolute Gasteiger partial charge is 0.0150 e. The minimum atomic E-state index is 1.18. The van der Waals surface area contributed by atoms with E-state index >= 15 is 0 Å². The van der Waals surface area contributed by atoms with Crippen molar-refractivity contribution in [1.29, 1.82) is 0 Å². The monoisotopic (exact) mass is 268 g/mol. The van der Waals surface area contributed by atoms with Crippen molar-refractivity contribution in [2.24, 2.45) is 0 Å². The SMILES string of the molecule is CCCCSC(=Cc1ccccc1)c1ccccc1. The van der Waals surface area contributed by atoms with Gasteiger partial charge in [-0.05, 0) is 29.4 Å². The van der Waals surface area contributed by atoms with Gasteiger partial charge in [-0.15, -0.1) is 11.8 Å². The number of thioether (sulfide) groups is 1. The molecule has 0 bridgehead atoms. The maximum absolute atomic E-state index is 2.29. The van der Waals surface area contributed by atoms with Crippen LogP contribution in [0.1, 0.15) is 30.9 Å². The fourth-order valence-electron chi connectivity index (χ4n) is 1.84. The lowest BCUT2D eigenvalue weighted by atomic mass is 10.1. The van der Waals surface area contributed by atoms with Gasteiger partial charge in [0.05, 0.1) is 0 Å². The summed E-state index contributed by atoms with van der Waals surface area (Å²) in [5.41, 5.74) is 2.58. The molecule has 0 N–H and O–H groups in total. The summed E-state index contributed by atoms with van der Waals surface area (Å²) >= 11 is 1.96. The average molecular weight is 268 g/mol. The molecule has 0 heterocycles. The Balaban J connectivity index is 2.22. The van der Waals surface area contributed by atoms with Crippen LogP contribution in [0.15, 0.2) is 60.7 Å². The van der Waals surface area contributed by atoms with Crippen molar-refractivity contribution < 1.29 is 0 Å². The van der Waals surface area contributed by atoms with Gasteiger partial charge in [0.15, 0.2) is 0 Å². The minimum Gasteiger partial charge on any atom is -0.126 e. The molecule has 98 valence electrons. The van der Waals surface area contributed by atoms with Gasteiger partial charge in [-0.25, -0.2) is 0 Å². The predicted octanol–water partition coefficient (Wildman–Crippen LogP) is 5.72. The topological polar surface area (TPSA) is 0 Å². The second-order valence-electron chi connectivity index (χ2n) is 4.49. The Bertz CT molecular complexity index is 500. The first kappa shape index (κ1) is 14.0. The quantitative estimate of drug-likeness (QED) is 0.477. The molecule has 0 radical (unpaired) electrons. The average Bonchev–Trinajstić information content (AvgIpc) is 2.48. The Labute approximate surface area is 120 Å². The zero-order chi connectivity index (χ0) is 13.3. The van der Waals surface area contributed by atoms with Crippen LogP contribution in [-0.4, -0.2) is 5.75 Å². The van der Waals surface area contributed by atoms with E-state index in [-0.39, 0.29) is 0 Å². The second-order valence-corrected chi connectivity index (χ2v) is 5.62. The molecule has 0 saturated heterocycles. The number of rotatable bonds is 6. The summed E-state index contributed by atoms with van der Waals surface area (Å²) in [5.74, 6) is 1.18. The van der Waals surface area contributed by atoms with Crippen LogP contribution in [0.25, 0.3) is 11.0 Å². The van der Waals surface area contributed by atoms with Crippen molar-refractivity contribution in [2.45, 2.75) is 19.8 Å². The van der Waals surface area contributed by atoms with Gasteiger partial charge >= 0.3 is 0 Å². The normalized spacial score (nSPS) is 11.5. The van der Waals surface area contributed by atoms with Crippen LogP contribution in [0.4, 0.5) is 0 Å². The molecule has 0 unspecified atom stereocenters. The van der Waals surface area contributed by atoms with Crippen LogP contribution >= 0.6 is 11.8 Å². The molecule has 0 nitrogen and oxygen atoms in total. The van der Waals surface area contributed by atoms with E-state index in [1.54, 1.807) is 0 Å². The molecule has 0 aliphatic carbocycles. The van der Waals surface area contributed by atoms with E-state index in [0.717, 1.165) is 0 Å². The summed E-state index contributed by atoms with van der Waals surface area (Å²) < 4.78 is 0. The standard InChI is InChI=1S/C18H20S/c1-2-3-14-19-18(17-12-8-5-9-13-17)15-16-10-6-4-7-11-16/h4-13,15H,2-3,14H2,1H3. The molecule has 2 rings (SSSR count). The van der Waals surface area contributed by atoms with E-state index in [4.69, 9.17) is 0 Å². The Morgan fingerprint density at radius 1 is 0.947 bits per heavy atom. The zero-order valence-corrected chi connectivity index (χ0v) is 12.2. The van der Waals surface area contributed by atoms with Gasteiger partial charge in [0.2, 0.25) is 0 Å². The molecule has 2 aromatic carbocycles. The second kappa shape index (κ2) is 7.85. The van der Waals surface area contributed by atoms with Crippen molar-refractivity contribution in [3.63, 3.8) is 0 Å². The van der Waals surface area contributed by atoms with Gasteiger partial charge in [0, 0.05) is 4.91 Å². The van der Waals surface area contributed by atoms with Crippen molar-refractivity contribution in [3.8, 4) is 0 Å². The molecule has 0 saturated carbocycles. The van der Waals surface area contributed by atoms with Crippen LogP contribution in [0.5, 0.6) is 0 Å². The molecular weight excluding hydrogens is 248 g/mol. The molecule has 0 spiro atoms. The van der Waals surface area contributed by atoms with Crippen molar-refractivity contribution in [1.82, 2.24) is 0 Å². The van der Waals surface area contributed by atoms with Gasteiger partial charge in [0.25, 0.3) is 0 Å². The van der Waals surface area contributed by atoms with Crippen molar-refractivity contribution in [2.75, 3.05) is 5.75 Å². The maximum Gasteiger partial charge on any atom is 0.0150 e. The van der Waals surface area contributed by atoms with Crippen LogP contribution in [0.2, 0.25) is 0 Å². The van der Waals surface area contributed by atoms with Crippen LogP contribution in [0.3, 0.4) is 0 Å². The van der Waals surface area contributed by atoms with Gasteiger partial charge < -0.3 is 0 Å². The summed E-state index contributed by atoms with van der Waals surface area (Å²) in [6.45, 7) is 2.24. The Morgan fingerprint density at radius 2 is 1.58 bits per heavy atom. The number of hydrogen-bond donors (Lipinski definition) is 0. The maximum atomic E-state index is 2.29. The number of unbranched alkanes of at least 4 members (excludes halogenated alkanes) is 1. The lowest BCUT2D eigenvalue weighted by Gasteiger charge is -2.07. The number of hydrogen-bond acceptors (Lipinski definition) is 1. The summed E-state index contributed by atoms with van der Waals surface area (Å²) in [6, 6.07) is 21.2. The molecule has 0 aliphatic rings. The molecule has 0 aromatic heterocycles. The van der Waals surface area contributed by atoms with E-state index < -0.39 is 0 Å². The fourth-order valence-corrected chi connectivity index (χ4v) is 3.01. The third-order valence-corrected chi connectivity index (χ3v) is 4.07. The molecular formula is C18H20S. The summed E-state index contributed by atoms with van der Waals surface area (Å²) in [7, 11) is 0. The largest absolute Gasteiger partial charge is 0.126 e. The van der Waals surface area contributed by atoms with E-state index in [9.17, 15) is 0 Å². The first-order valence-electron chi connectivity index (χ1n) is 6.85. The summed E-state index contributed by atoms with van der Waals surface area (Å²) in [6.07, 6.45) is 4.81. The molecule has 1 heteroatoms. The highest BCUT2D eigenvalue weighted by molar-refractivity contribution is 8.08. The Kier molecular flexibility index (Phi) is 5.77. The first-order chi connectivity index (χ1) is 9.40. The van der Waals surface area contributed by atoms with Crippen molar-refractivity contribution in [3.05, 3.63) is 71.8 Å². The van der Waals surface area contributed by atoms with Crippen LogP contribution in [-0.2, 0) is 0 Å². The summed E-state index contributed by atoms with van der Waals surface area (Å²) in [5, 5.41) is 0. The van der Waals surface area contributed by atoms with Gasteiger partial charge in [-0.2, -0.15) is 0 Å². The Hall–Kier alpha value is -1.47. The van der Waals surface area contributed by atoms with Crippen LogP contribution < -0.4 is 0 Å². The molecule has 0 aliphatic heterocycles. The fraction of sp³-hybridized carbons (Fsp3) is 0.222. The molecule has 19 heavy (non-hydrogen) atoms. The lowest BCUT2D eigenvalue weighted by molar-refractivity contribution is 0.898. The highest BCUT2D eigenvalue weighted by Gasteiger charge is 2.02. The molecule has 2 aromatic rings. The Morgan fingerprint density at radius 3 is 2.21 bits per heavy atom. The highest BCUT2D eigenvalue weighted by Crippen LogP contribution is 2.30. The van der Waals surface area contributed by atoms with E-state index in [0.29, 0.717) is 0 Å². The van der Waals surface area contributed by atoms with Gasteiger partial charge in [-0.3, -0.25) is 0 Å². The number of benzene rings is 2. The third kappa shape index (κ3) is 4.60. The van der Waals surface area contributed by atoms with E-state index in [2.05, 4.69) is 73.7 Å². The summed E-state index contributed by atoms with van der Waals surface area (Å²) in [4.78, 5) is 1.36. The van der Waals surface area contributed by atoms with Crippen molar-refractivity contribution >= 4 is 22.7 Å². The van der Waals surface area contributed by atoms with Crippen LogP contribution in [0, 0.1) is 0 Å². The predicted molar refractivity (Wildman–Crippen MR) is 88.1 cm³/mol. The lowest BCUT2D eigenvalue weighted by Crippen LogP contribution is -1.84. The van der Waals surface area contributed by atoms with E-state index in [1.165, 1.54) is 34.6 Å².